The lowest BCUT2D eigenvalue weighted by atomic mass is 10.1. The first-order valence-electron chi connectivity index (χ1n) is 6.82. The fourth-order valence-corrected chi connectivity index (χ4v) is 2.34. The van der Waals surface area contributed by atoms with Crippen LogP contribution < -0.4 is 10.6 Å². The molecule has 1 aliphatic rings. The number of para-hydroxylation sites is 1. The highest BCUT2D eigenvalue weighted by atomic mass is 16.4. The van der Waals surface area contributed by atoms with E-state index in [4.69, 9.17) is 4.42 Å². The number of oxazole rings is 1. The van der Waals surface area contributed by atoms with E-state index < -0.39 is 0 Å². The summed E-state index contributed by atoms with van der Waals surface area (Å²) >= 11 is 0. The molecule has 5 heteroatoms. The molecule has 0 radical (unpaired) electrons. The Bertz CT molecular complexity index is 596. The van der Waals surface area contributed by atoms with Crippen molar-refractivity contribution in [3.63, 3.8) is 0 Å². The summed E-state index contributed by atoms with van der Waals surface area (Å²) in [6.45, 7) is 2.33. The van der Waals surface area contributed by atoms with E-state index in [-0.39, 0.29) is 11.9 Å². The van der Waals surface area contributed by atoms with Crippen molar-refractivity contribution in [3.8, 4) is 0 Å². The van der Waals surface area contributed by atoms with E-state index in [0.717, 1.165) is 17.9 Å². The molecule has 0 saturated heterocycles. The first-order chi connectivity index (χ1) is 9.76. The largest absolute Gasteiger partial charge is 0.444 e. The molecule has 0 saturated carbocycles. The molecule has 2 N–H and O–H groups in total. The summed E-state index contributed by atoms with van der Waals surface area (Å²) in [5, 5.41) is 6.08. The van der Waals surface area contributed by atoms with Crippen molar-refractivity contribution < 1.29 is 9.21 Å². The topological polar surface area (TPSA) is 67.2 Å². The molecule has 2 aromatic rings. The number of carbonyl (C=O) groups is 1. The van der Waals surface area contributed by atoms with Gasteiger partial charge >= 0.3 is 0 Å². The molecule has 0 spiro atoms. The molecular weight excluding hydrogens is 254 g/mol. The highest BCUT2D eigenvalue weighted by molar-refractivity contribution is 5.87. The Labute approximate surface area is 117 Å². The molecule has 0 unspecified atom stereocenters. The van der Waals surface area contributed by atoms with Crippen LogP contribution in [-0.2, 0) is 24.2 Å². The third kappa shape index (κ3) is 2.52. The van der Waals surface area contributed by atoms with Crippen LogP contribution in [0.3, 0.4) is 0 Å². The van der Waals surface area contributed by atoms with Crippen LogP contribution in [0, 0.1) is 0 Å². The second-order valence-corrected chi connectivity index (χ2v) is 4.85. The van der Waals surface area contributed by atoms with Crippen LogP contribution in [0.4, 0.5) is 5.69 Å². The Morgan fingerprint density at radius 3 is 3.10 bits per heavy atom. The van der Waals surface area contributed by atoms with Gasteiger partial charge in [-0.25, -0.2) is 4.98 Å². The van der Waals surface area contributed by atoms with Crippen molar-refractivity contribution in [2.45, 2.75) is 32.4 Å². The van der Waals surface area contributed by atoms with Crippen LogP contribution in [0.25, 0.3) is 0 Å². The summed E-state index contributed by atoms with van der Waals surface area (Å²) in [5.41, 5.74) is 2.22. The number of hydrogen-bond donors (Lipinski definition) is 2. The van der Waals surface area contributed by atoms with Crippen LogP contribution in [-0.4, -0.2) is 16.9 Å². The molecule has 20 heavy (non-hydrogen) atoms. The normalized spacial score (nSPS) is 16.6. The van der Waals surface area contributed by atoms with Gasteiger partial charge in [0.25, 0.3) is 0 Å². The third-order valence-corrected chi connectivity index (χ3v) is 3.45. The van der Waals surface area contributed by atoms with E-state index >= 15 is 0 Å². The molecule has 1 amide bonds. The predicted molar refractivity (Wildman–Crippen MR) is 75.3 cm³/mol. The Kier molecular flexibility index (Phi) is 3.41. The summed E-state index contributed by atoms with van der Waals surface area (Å²) < 4.78 is 5.46. The lowest BCUT2D eigenvalue weighted by molar-refractivity contribution is -0.122. The maximum Gasteiger partial charge on any atom is 0.243 e. The van der Waals surface area contributed by atoms with Crippen molar-refractivity contribution >= 4 is 11.6 Å². The SMILES string of the molecule is CCc1cnc(CNC(=O)[C@@H]2Cc3ccccc3N2)o1. The van der Waals surface area contributed by atoms with E-state index in [9.17, 15) is 4.79 Å². The molecule has 5 nitrogen and oxygen atoms in total. The van der Waals surface area contributed by atoms with Crippen LogP contribution in [0.2, 0.25) is 0 Å². The van der Waals surface area contributed by atoms with E-state index in [1.54, 1.807) is 6.20 Å². The van der Waals surface area contributed by atoms with Gasteiger partial charge in [-0.2, -0.15) is 0 Å². The minimum absolute atomic E-state index is 0.0301. The second kappa shape index (κ2) is 5.36. The number of amides is 1. The lowest BCUT2D eigenvalue weighted by Crippen LogP contribution is -2.38. The number of aryl methyl sites for hydroxylation is 1. The van der Waals surface area contributed by atoms with Gasteiger partial charge in [0.2, 0.25) is 11.8 Å². The summed E-state index contributed by atoms with van der Waals surface area (Å²) in [6.07, 6.45) is 3.22. The van der Waals surface area contributed by atoms with Crippen LogP contribution in [0.5, 0.6) is 0 Å². The first-order valence-corrected chi connectivity index (χ1v) is 6.82. The van der Waals surface area contributed by atoms with Gasteiger partial charge in [0.05, 0.1) is 12.7 Å². The quantitative estimate of drug-likeness (QED) is 0.891. The Morgan fingerprint density at radius 2 is 2.35 bits per heavy atom. The number of hydrogen-bond acceptors (Lipinski definition) is 4. The summed E-state index contributed by atoms with van der Waals surface area (Å²) in [7, 11) is 0. The van der Waals surface area contributed by atoms with Gasteiger partial charge in [-0.05, 0) is 11.6 Å². The van der Waals surface area contributed by atoms with E-state index in [0.29, 0.717) is 18.9 Å². The maximum atomic E-state index is 12.1. The molecule has 2 heterocycles. The number of aromatic nitrogens is 1. The Balaban J connectivity index is 1.56. The van der Waals surface area contributed by atoms with Crippen molar-refractivity contribution in [1.29, 1.82) is 0 Å². The number of nitrogens with one attached hydrogen (secondary N) is 2. The van der Waals surface area contributed by atoms with Gasteiger partial charge < -0.3 is 15.1 Å². The molecule has 1 aromatic carbocycles. The van der Waals surface area contributed by atoms with Crippen molar-refractivity contribution in [2.24, 2.45) is 0 Å². The van der Waals surface area contributed by atoms with Gasteiger partial charge in [0.15, 0.2) is 0 Å². The molecule has 1 aromatic heterocycles. The standard InChI is InChI=1S/C15H17N3O2/c1-2-11-8-16-14(20-11)9-17-15(19)13-7-10-5-3-4-6-12(10)18-13/h3-6,8,13,18H,2,7,9H2,1H3,(H,17,19)/t13-/m0/s1. The zero-order valence-electron chi connectivity index (χ0n) is 11.3. The molecule has 0 aliphatic carbocycles. The predicted octanol–water partition coefficient (Wildman–Crippen LogP) is 1.89. The molecule has 104 valence electrons. The van der Waals surface area contributed by atoms with Crippen molar-refractivity contribution in [1.82, 2.24) is 10.3 Å². The average molecular weight is 271 g/mol. The number of fused-ring (bicyclic) bond motifs is 1. The molecule has 1 atom stereocenters. The number of carbonyl (C=O) groups excluding carboxylic acids is 1. The van der Waals surface area contributed by atoms with Gasteiger partial charge in [0, 0.05) is 18.5 Å². The van der Waals surface area contributed by atoms with Gasteiger partial charge in [-0.3, -0.25) is 4.79 Å². The average Bonchev–Trinajstić information content (AvgIpc) is 3.10. The smallest absolute Gasteiger partial charge is 0.243 e. The summed E-state index contributed by atoms with van der Waals surface area (Å²) in [4.78, 5) is 16.2. The minimum Gasteiger partial charge on any atom is -0.444 e. The number of nitrogens with zero attached hydrogens (tertiary/aromatic N) is 1. The third-order valence-electron chi connectivity index (χ3n) is 3.45. The van der Waals surface area contributed by atoms with E-state index in [1.165, 1.54) is 5.56 Å². The second-order valence-electron chi connectivity index (χ2n) is 4.85. The van der Waals surface area contributed by atoms with E-state index in [2.05, 4.69) is 15.6 Å². The fourth-order valence-electron chi connectivity index (χ4n) is 2.34. The maximum absolute atomic E-state index is 12.1. The molecule has 0 fully saturated rings. The lowest BCUT2D eigenvalue weighted by Gasteiger charge is -2.10. The zero-order valence-corrected chi connectivity index (χ0v) is 11.3. The number of anilines is 1. The van der Waals surface area contributed by atoms with E-state index in [1.807, 2.05) is 31.2 Å². The summed E-state index contributed by atoms with van der Waals surface area (Å²) in [5.74, 6) is 1.35. The molecule has 3 rings (SSSR count). The number of rotatable bonds is 4. The number of benzene rings is 1. The highest BCUT2D eigenvalue weighted by Crippen LogP contribution is 2.25. The Hall–Kier alpha value is -2.30. The van der Waals surface area contributed by atoms with Crippen LogP contribution in [0.1, 0.15) is 24.1 Å². The first kappa shape index (κ1) is 12.7. The summed E-state index contributed by atoms with van der Waals surface area (Å²) in [6, 6.07) is 7.76. The van der Waals surface area contributed by atoms with Crippen molar-refractivity contribution in [3.05, 3.63) is 47.7 Å². The van der Waals surface area contributed by atoms with Crippen LogP contribution in [0.15, 0.2) is 34.9 Å². The monoisotopic (exact) mass is 271 g/mol. The van der Waals surface area contributed by atoms with Crippen molar-refractivity contribution in [2.75, 3.05) is 5.32 Å². The molecule has 1 aliphatic heterocycles. The Morgan fingerprint density at radius 1 is 1.50 bits per heavy atom. The van der Waals surface area contributed by atoms with Gasteiger partial charge in [-0.1, -0.05) is 25.1 Å². The molecule has 0 bridgehead atoms. The molecular formula is C15H17N3O2. The zero-order chi connectivity index (χ0) is 13.9. The van der Waals surface area contributed by atoms with Gasteiger partial charge in [0.1, 0.15) is 11.8 Å². The highest BCUT2D eigenvalue weighted by Gasteiger charge is 2.26. The fraction of sp³-hybridized carbons (Fsp3) is 0.333. The minimum atomic E-state index is -0.215. The van der Waals surface area contributed by atoms with Gasteiger partial charge in [-0.15, -0.1) is 0 Å². The van der Waals surface area contributed by atoms with Crippen LogP contribution >= 0.6 is 0 Å².